The maximum Gasteiger partial charge on any atom is 0.274 e. The van der Waals surface area contributed by atoms with E-state index in [0.29, 0.717) is 18.2 Å². The normalized spacial score (nSPS) is 10.5. The number of benzene rings is 2. The molecule has 0 radical (unpaired) electrons. The van der Waals surface area contributed by atoms with Crippen LogP contribution in [0.1, 0.15) is 39.8 Å². The Morgan fingerprint density at radius 1 is 1.00 bits per heavy atom. The number of hydrogen-bond donors (Lipinski definition) is 2. The lowest BCUT2D eigenvalue weighted by Crippen LogP contribution is -2.17. The van der Waals surface area contributed by atoms with Crippen molar-refractivity contribution in [1.82, 2.24) is 9.97 Å². The predicted octanol–water partition coefficient (Wildman–Crippen LogP) is 4.52. The van der Waals surface area contributed by atoms with E-state index in [1.54, 1.807) is 6.07 Å². The van der Waals surface area contributed by atoms with E-state index in [0.717, 1.165) is 28.9 Å². The van der Waals surface area contributed by atoms with Gasteiger partial charge in [-0.2, -0.15) is 0 Å². The molecule has 0 aliphatic heterocycles. The van der Waals surface area contributed by atoms with Gasteiger partial charge < -0.3 is 10.6 Å². The first-order valence-corrected chi connectivity index (χ1v) is 9.09. The lowest BCUT2D eigenvalue weighted by Gasteiger charge is -2.11. The van der Waals surface area contributed by atoms with Gasteiger partial charge in [0, 0.05) is 17.9 Å². The van der Waals surface area contributed by atoms with Gasteiger partial charge in [-0.15, -0.1) is 0 Å². The summed E-state index contributed by atoms with van der Waals surface area (Å²) in [7, 11) is 0. The minimum absolute atomic E-state index is 0.236. The molecule has 5 heteroatoms. The number of para-hydroxylation sites is 1. The summed E-state index contributed by atoms with van der Waals surface area (Å²) in [4.78, 5) is 21.5. The SMILES string of the molecule is CCc1ccccc1NC(=O)c1cc(C)nc(NCc2cccc(C)c2)n1. The molecule has 0 aliphatic rings. The molecule has 0 bridgehead atoms. The second-order valence-corrected chi connectivity index (χ2v) is 6.53. The molecular weight excluding hydrogens is 336 g/mol. The summed E-state index contributed by atoms with van der Waals surface area (Å²) >= 11 is 0. The maximum atomic E-state index is 12.7. The zero-order valence-corrected chi connectivity index (χ0v) is 15.9. The molecule has 0 fully saturated rings. The van der Waals surface area contributed by atoms with Crippen molar-refractivity contribution in [3.05, 3.63) is 82.7 Å². The van der Waals surface area contributed by atoms with Crippen molar-refractivity contribution in [3.8, 4) is 0 Å². The molecule has 0 aliphatic carbocycles. The molecule has 1 heterocycles. The summed E-state index contributed by atoms with van der Waals surface area (Å²) in [6.07, 6.45) is 0.850. The molecule has 5 nitrogen and oxygen atoms in total. The monoisotopic (exact) mass is 360 g/mol. The Hall–Kier alpha value is -3.21. The number of anilines is 2. The number of nitrogens with zero attached hydrogens (tertiary/aromatic N) is 2. The second kappa shape index (κ2) is 8.45. The maximum absolute atomic E-state index is 12.7. The number of nitrogens with one attached hydrogen (secondary N) is 2. The van der Waals surface area contributed by atoms with E-state index >= 15 is 0 Å². The molecule has 3 rings (SSSR count). The lowest BCUT2D eigenvalue weighted by atomic mass is 10.1. The number of hydrogen-bond acceptors (Lipinski definition) is 4. The van der Waals surface area contributed by atoms with Crippen LogP contribution in [0.5, 0.6) is 0 Å². The highest BCUT2D eigenvalue weighted by molar-refractivity contribution is 6.03. The first kappa shape index (κ1) is 18.6. The van der Waals surface area contributed by atoms with Crippen LogP contribution in [0.25, 0.3) is 0 Å². The number of rotatable bonds is 6. The molecule has 0 saturated carbocycles. The standard InChI is InChI=1S/C22H24N4O/c1-4-18-10-5-6-11-19(18)25-21(27)20-13-16(3)24-22(26-20)23-14-17-9-7-8-15(2)12-17/h5-13H,4,14H2,1-3H3,(H,25,27)(H,23,24,26). The fraction of sp³-hybridized carbons (Fsp3) is 0.227. The third-order valence-electron chi connectivity index (χ3n) is 4.27. The van der Waals surface area contributed by atoms with Gasteiger partial charge in [0.1, 0.15) is 5.69 Å². The van der Waals surface area contributed by atoms with Crippen LogP contribution in [-0.4, -0.2) is 15.9 Å². The number of aromatic nitrogens is 2. The second-order valence-electron chi connectivity index (χ2n) is 6.53. The van der Waals surface area contributed by atoms with Gasteiger partial charge in [0.2, 0.25) is 5.95 Å². The Labute approximate surface area is 159 Å². The minimum Gasteiger partial charge on any atom is -0.350 e. The van der Waals surface area contributed by atoms with Crippen LogP contribution in [0.3, 0.4) is 0 Å². The third-order valence-corrected chi connectivity index (χ3v) is 4.27. The van der Waals surface area contributed by atoms with Gasteiger partial charge in [0.15, 0.2) is 0 Å². The van der Waals surface area contributed by atoms with Crippen LogP contribution in [-0.2, 0) is 13.0 Å². The Morgan fingerprint density at radius 2 is 1.81 bits per heavy atom. The highest BCUT2D eigenvalue weighted by Gasteiger charge is 2.12. The van der Waals surface area contributed by atoms with Crippen molar-refractivity contribution in [2.75, 3.05) is 10.6 Å². The van der Waals surface area contributed by atoms with Gasteiger partial charge in [-0.05, 0) is 43.5 Å². The van der Waals surface area contributed by atoms with Crippen molar-refractivity contribution >= 4 is 17.5 Å². The van der Waals surface area contributed by atoms with Crippen molar-refractivity contribution in [2.24, 2.45) is 0 Å². The summed E-state index contributed by atoms with van der Waals surface area (Å²) in [5.74, 6) is 0.213. The summed E-state index contributed by atoms with van der Waals surface area (Å²) in [5, 5.41) is 6.16. The Balaban J connectivity index is 1.75. The summed E-state index contributed by atoms with van der Waals surface area (Å²) in [5.41, 5.74) is 5.34. The third kappa shape index (κ3) is 4.91. The van der Waals surface area contributed by atoms with Gasteiger partial charge >= 0.3 is 0 Å². The summed E-state index contributed by atoms with van der Waals surface area (Å²) < 4.78 is 0. The smallest absolute Gasteiger partial charge is 0.274 e. The molecule has 1 aromatic heterocycles. The first-order valence-electron chi connectivity index (χ1n) is 9.09. The van der Waals surface area contributed by atoms with Gasteiger partial charge in [-0.1, -0.05) is 55.0 Å². The van der Waals surface area contributed by atoms with E-state index in [1.165, 1.54) is 5.56 Å². The molecule has 0 spiro atoms. The molecule has 3 aromatic rings. The fourth-order valence-electron chi connectivity index (χ4n) is 2.90. The highest BCUT2D eigenvalue weighted by atomic mass is 16.1. The molecule has 0 atom stereocenters. The van der Waals surface area contributed by atoms with Crippen LogP contribution in [0.4, 0.5) is 11.6 Å². The van der Waals surface area contributed by atoms with Crippen molar-refractivity contribution in [1.29, 1.82) is 0 Å². The van der Waals surface area contributed by atoms with Crippen molar-refractivity contribution < 1.29 is 4.79 Å². The number of carbonyl (C=O) groups excluding carboxylic acids is 1. The van der Waals surface area contributed by atoms with E-state index in [4.69, 9.17) is 0 Å². The summed E-state index contributed by atoms with van der Waals surface area (Å²) in [6, 6.07) is 17.7. The van der Waals surface area contributed by atoms with Crippen LogP contribution in [0.2, 0.25) is 0 Å². The van der Waals surface area contributed by atoms with E-state index in [9.17, 15) is 4.79 Å². The number of carbonyl (C=O) groups is 1. The highest BCUT2D eigenvalue weighted by Crippen LogP contribution is 2.17. The van der Waals surface area contributed by atoms with Gasteiger partial charge in [0.25, 0.3) is 5.91 Å². The Kier molecular flexibility index (Phi) is 5.81. The molecular formula is C22H24N4O. The first-order chi connectivity index (χ1) is 13.0. The molecule has 1 amide bonds. The number of amides is 1. The van der Waals surface area contributed by atoms with Crippen LogP contribution in [0, 0.1) is 13.8 Å². The molecule has 138 valence electrons. The topological polar surface area (TPSA) is 66.9 Å². The van der Waals surface area contributed by atoms with Crippen molar-refractivity contribution in [3.63, 3.8) is 0 Å². The average molecular weight is 360 g/mol. The average Bonchev–Trinajstić information content (AvgIpc) is 2.66. The minimum atomic E-state index is -0.236. The zero-order valence-electron chi connectivity index (χ0n) is 15.9. The molecule has 27 heavy (non-hydrogen) atoms. The van der Waals surface area contributed by atoms with Gasteiger partial charge in [0.05, 0.1) is 0 Å². The van der Waals surface area contributed by atoms with Gasteiger partial charge in [-0.3, -0.25) is 4.79 Å². The van der Waals surface area contributed by atoms with Crippen LogP contribution < -0.4 is 10.6 Å². The zero-order chi connectivity index (χ0) is 19.2. The molecule has 2 aromatic carbocycles. The quantitative estimate of drug-likeness (QED) is 0.678. The van der Waals surface area contributed by atoms with Crippen LogP contribution in [0.15, 0.2) is 54.6 Å². The lowest BCUT2D eigenvalue weighted by molar-refractivity contribution is 0.102. The summed E-state index contributed by atoms with van der Waals surface area (Å²) in [6.45, 7) is 6.58. The van der Waals surface area contributed by atoms with E-state index in [2.05, 4.69) is 46.6 Å². The largest absolute Gasteiger partial charge is 0.350 e. The predicted molar refractivity (Wildman–Crippen MR) is 109 cm³/mol. The van der Waals surface area contributed by atoms with E-state index in [1.807, 2.05) is 43.3 Å². The van der Waals surface area contributed by atoms with E-state index in [-0.39, 0.29) is 5.91 Å². The van der Waals surface area contributed by atoms with Gasteiger partial charge in [-0.25, -0.2) is 9.97 Å². The molecule has 2 N–H and O–H groups in total. The van der Waals surface area contributed by atoms with Crippen LogP contribution >= 0.6 is 0 Å². The fourth-order valence-corrected chi connectivity index (χ4v) is 2.90. The molecule has 0 unspecified atom stereocenters. The molecule has 0 saturated heterocycles. The van der Waals surface area contributed by atoms with Crippen molar-refractivity contribution in [2.45, 2.75) is 33.7 Å². The van der Waals surface area contributed by atoms with E-state index < -0.39 is 0 Å². The number of aryl methyl sites for hydroxylation is 3. The Bertz CT molecular complexity index is 953. The Morgan fingerprint density at radius 3 is 2.59 bits per heavy atom.